The molecule has 7 nitrogen and oxygen atoms in total. The maximum absolute atomic E-state index is 12.5. The van der Waals surface area contributed by atoms with Crippen molar-refractivity contribution in [3.05, 3.63) is 35.9 Å². The molecule has 2 saturated heterocycles. The number of carbonyl (C=O) groups excluding carboxylic acids is 3. The average Bonchev–Trinajstić information content (AvgIpc) is 2.78. The fourth-order valence-electron chi connectivity index (χ4n) is 4.72. The molecule has 2 aliphatic rings. The second-order valence-electron chi connectivity index (χ2n) is 11.1. The standard InChI is InChI=1S/C27H40N2O5/c1-26(2,3)34-25(32)29-16-12-23(30)22(19-29)11-8-13-27(4)14-17-28(18-15-27)24(31)33-20-21-9-6-5-7-10-21/h5-7,9-10,22H,8,11-20H2,1-4H3. The minimum absolute atomic E-state index is 0.113. The Hall–Kier alpha value is -2.57. The van der Waals surface area contributed by atoms with E-state index in [1.807, 2.05) is 51.1 Å². The van der Waals surface area contributed by atoms with Crippen molar-refractivity contribution < 1.29 is 23.9 Å². The minimum atomic E-state index is -0.536. The van der Waals surface area contributed by atoms with E-state index in [1.165, 1.54) is 0 Å². The molecule has 188 valence electrons. The molecule has 0 radical (unpaired) electrons. The Morgan fingerprint density at radius 2 is 1.71 bits per heavy atom. The first-order valence-electron chi connectivity index (χ1n) is 12.5. The molecular formula is C27H40N2O5. The van der Waals surface area contributed by atoms with Crippen LogP contribution in [0.1, 0.15) is 71.8 Å². The van der Waals surface area contributed by atoms with Gasteiger partial charge in [-0.25, -0.2) is 9.59 Å². The van der Waals surface area contributed by atoms with Crippen LogP contribution in [0.5, 0.6) is 0 Å². The van der Waals surface area contributed by atoms with E-state index < -0.39 is 5.60 Å². The van der Waals surface area contributed by atoms with E-state index in [9.17, 15) is 14.4 Å². The van der Waals surface area contributed by atoms with Gasteiger partial charge >= 0.3 is 12.2 Å². The predicted octanol–water partition coefficient (Wildman–Crippen LogP) is 5.42. The highest BCUT2D eigenvalue weighted by molar-refractivity contribution is 5.84. The van der Waals surface area contributed by atoms with Gasteiger partial charge in [0.15, 0.2) is 0 Å². The van der Waals surface area contributed by atoms with Crippen molar-refractivity contribution in [2.24, 2.45) is 11.3 Å². The van der Waals surface area contributed by atoms with Gasteiger partial charge in [0, 0.05) is 38.5 Å². The van der Waals surface area contributed by atoms with Crippen molar-refractivity contribution in [2.45, 2.75) is 78.4 Å². The highest BCUT2D eigenvalue weighted by Crippen LogP contribution is 2.37. The largest absolute Gasteiger partial charge is 0.445 e. The molecule has 0 N–H and O–H groups in total. The van der Waals surface area contributed by atoms with Crippen LogP contribution in [0, 0.1) is 11.3 Å². The molecule has 0 aromatic heterocycles. The second kappa shape index (κ2) is 11.2. The van der Waals surface area contributed by atoms with E-state index in [-0.39, 0.29) is 29.3 Å². The van der Waals surface area contributed by atoms with Crippen LogP contribution >= 0.6 is 0 Å². The fraction of sp³-hybridized carbons (Fsp3) is 0.667. The first-order valence-corrected chi connectivity index (χ1v) is 12.5. The van der Waals surface area contributed by atoms with Crippen LogP contribution in [-0.4, -0.2) is 59.5 Å². The number of hydrogen-bond donors (Lipinski definition) is 0. The molecule has 1 unspecified atom stereocenters. The lowest BCUT2D eigenvalue weighted by Crippen LogP contribution is -2.46. The third-order valence-corrected chi connectivity index (χ3v) is 6.94. The summed E-state index contributed by atoms with van der Waals surface area (Å²) >= 11 is 0. The monoisotopic (exact) mass is 472 g/mol. The molecule has 2 fully saturated rings. The van der Waals surface area contributed by atoms with Gasteiger partial charge in [-0.2, -0.15) is 0 Å². The van der Waals surface area contributed by atoms with Gasteiger partial charge in [0.25, 0.3) is 0 Å². The molecular weight excluding hydrogens is 432 g/mol. The Morgan fingerprint density at radius 1 is 1.03 bits per heavy atom. The van der Waals surface area contributed by atoms with E-state index in [0.29, 0.717) is 39.2 Å². The van der Waals surface area contributed by atoms with E-state index in [4.69, 9.17) is 9.47 Å². The number of ether oxygens (including phenoxy) is 2. The van der Waals surface area contributed by atoms with Crippen molar-refractivity contribution in [1.82, 2.24) is 9.80 Å². The number of hydrogen-bond acceptors (Lipinski definition) is 5. The lowest BCUT2D eigenvalue weighted by atomic mass is 9.75. The fourth-order valence-corrected chi connectivity index (χ4v) is 4.72. The summed E-state index contributed by atoms with van der Waals surface area (Å²) in [5.41, 5.74) is 0.602. The Bertz CT molecular complexity index is 840. The zero-order valence-corrected chi connectivity index (χ0v) is 21.2. The van der Waals surface area contributed by atoms with Crippen LogP contribution in [0.4, 0.5) is 9.59 Å². The van der Waals surface area contributed by atoms with Gasteiger partial charge in [0.2, 0.25) is 0 Å². The Labute approximate surface area is 203 Å². The maximum Gasteiger partial charge on any atom is 0.410 e. The highest BCUT2D eigenvalue weighted by atomic mass is 16.6. The first-order chi connectivity index (χ1) is 16.0. The lowest BCUT2D eigenvalue weighted by molar-refractivity contribution is -0.126. The highest BCUT2D eigenvalue weighted by Gasteiger charge is 2.35. The molecule has 0 bridgehead atoms. The normalized spacial score (nSPS) is 20.7. The predicted molar refractivity (Wildman–Crippen MR) is 130 cm³/mol. The van der Waals surface area contributed by atoms with Gasteiger partial charge in [-0.1, -0.05) is 43.7 Å². The van der Waals surface area contributed by atoms with Crippen LogP contribution in [0.2, 0.25) is 0 Å². The third kappa shape index (κ3) is 7.74. The zero-order chi connectivity index (χ0) is 24.8. The molecule has 2 heterocycles. The smallest absolute Gasteiger partial charge is 0.410 e. The zero-order valence-electron chi connectivity index (χ0n) is 21.2. The molecule has 34 heavy (non-hydrogen) atoms. The summed E-state index contributed by atoms with van der Waals surface area (Å²) in [6.45, 7) is 10.4. The quantitative estimate of drug-likeness (QED) is 0.552. The second-order valence-corrected chi connectivity index (χ2v) is 11.1. The molecule has 0 spiro atoms. The maximum atomic E-state index is 12.5. The van der Waals surface area contributed by atoms with Crippen molar-refractivity contribution in [1.29, 1.82) is 0 Å². The average molecular weight is 473 g/mol. The van der Waals surface area contributed by atoms with Crippen molar-refractivity contribution in [3.8, 4) is 0 Å². The van der Waals surface area contributed by atoms with Crippen molar-refractivity contribution >= 4 is 18.0 Å². The van der Waals surface area contributed by atoms with Crippen molar-refractivity contribution in [2.75, 3.05) is 26.2 Å². The van der Waals surface area contributed by atoms with Gasteiger partial charge in [0.1, 0.15) is 18.0 Å². The SMILES string of the molecule is CC1(CCCC2CN(C(=O)OC(C)(C)C)CCC2=O)CCN(C(=O)OCc2ccccc2)CC1. The molecule has 2 amide bonds. The molecule has 3 rings (SSSR count). The number of carbonyl (C=O) groups is 3. The molecule has 0 aliphatic carbocycles. The van der Waals surface area contributed by atoms with Crippen LogP contribution < -0.4 is 0 Å². The first kappa shape index (κ1) is 26.0. The summed E-state index contributed by atoms with van der Waals surface area (Å²) in [6, 6.07) is 9.71. The summed E-state index contributed by atoms with van der Waals surface area (Å²) in [6.07, 6.45) is 4.41. The van der Waals surface area contributed by atoms with Crippen LogP contribution in [0.15, 0.2) is 30.3 Å². The van der Waals surface area contributed by atoms with Crippen molar-refractivity contribution in [3.63, 3.8) is 0 Å². The summed E-state index contributed by atoms with van der Waals surface area (Å²) in [5.74, 6) is 0.138. The van der Waals surface area contributed by atoms with E-state index in [0.717, 1.165) is 37.7 Å². The van der Waals surface area contributed by atoms with Gasteiger partial charge in [-0.15, -0.1) is 0 Å². The van der Waals surface area contributed by atoms with Crippen LogP contribution in [0.3, 0.4) is 0 Å². The van der Waals surface area contributed by atoms with Gasteiger partial charge < -0.3 is 19.3 Å². The number of ketones is 1. The number of amides is 2. The topological polar surface area (TPSA) is 76.2 Å². The number of rotatable bonds is 6. The third-order valence-electron chi connectivity index (χ3n) is 6.94. The van der Waals surface area contributed by atoms with E-state index >= 15 is 0 Å². The van der Waals surface area contributed by atoms with Gasteiger partial charge in [0.05, 0.1) is 0 Å². The molecule has 2 aliphatic heterocycles. The Morgan fingerprint density at radius 3 is 2.35 bits per heavy atom. The van der Waals surface area contributed by atoms with Gasteiger partial charge in [-0.3, -0.25) is 4.79 Å². The summed E-state index contributed by atoms with van der Waals surface area (Å²) < 4.78 is 11.0. The summed E-state index contributed by atoms with van der Waals surface area (Å²) in [4.78, 5) is 40.8. The van der Waals surface area contributed by atoms with Gasteiger partial charge in [-0.05, 0) is 57.4 Å². The molecule has 1 atom stereocenters. The Kier molecular flexibility index (Phi) is 8.61. The van der Waals surface area contributed by atoms with E-state index in [1.54, 1.807) is 9.80 Å². The number of piperidine rings is 2. The summed E-state index contributed by atoms with van der Waals surface area (Å²) in [5, 5.41) is 0. The van der Waals surface area contributed by atoms with Crippen LogP contribution in [-0.2, 0) is 20.9 Å². The summed E-state index contributed by atoms with van der Waals surface area (Å²) in [7, 11) is 0. The molecule has 7 heteroatoms. The molecule has 0 saturated carbocycles. The number of nitrogens with zero attached hydrogens (tertiary/aromatic N) is 2. The number of Topliss-reactive ketones (excluding diaryl/α,β-unsaturated/α-hetero) is 1. The lowest BCUT2D eigenvalue weighted by Gasteiger charge is -2.39. The Balaban J connectivity index is 1.39. The number of likely N-dealkylation sites (tertiary alicyclic amines) is 2. The minimum Gasteiger partial charge on any atom is -0.445 e. The number of benzene rings is 1. The molecule has 1 aromatic carbocycles. The van der Waals surface area contributed by atoms with E-state index in [2.05, 4.69) is 6.92 Å². The van der Waals surface area contributed by atoms with Crippen LogP contribution in [0.25, 0.3) is 0 Å². The molecule has 1 aromatic rings.